The molecule has 0 fully saturated rings. The topological polar surface area (TPSA) is 119 Å². The maximum Gasteiger partial charge on any atom is 0.349 e. The molecular weight excluding hydrogens is 415 g/mol. The van der Waals surface area contributed by atoms with Crippen LogP contribution in [0, 0.1) is 4.91 Å². The standard InChI is InChI=1S/C18H21N4O5PS/c1-13(27-28(2,25)22-24)17(12-26-29)19-18(23)14-8-10-16(11-9-14)21-20-15-6-4-3-5-7-15/h3-11,13,17,29H,12H2,1-2H3,(H,19,23)/b21-20+. The number of amides is 1. The number of benzene rings is 2. The average Bonchev–Trinajstić information content (AvgIpc) is 2.72. The van der Waals surface area contributed by atoms with Gasteiger partial charge >= 0.3 is 7.52 Å². The number of rotatable bonds is 10. The van der Waals surface area contributed by atoms with Crippen LogP contribution in [-0.2, 0) is 13.3 Å². The summed E-state index contributed by atoms with van der Waals surface area (Å²) in [7, 11) is -3.65. The molecule has 0 aliphatic rings. The van der Waals surface area contributed by atoms with Gasteiger partial charge in [-0.2, -0.15) is 10.2 Å². The molecule has 0 aliphatic carbocycles. The number of nitrogens with zero attached hydrogens (tertiary/aromatic N) is 3. The van der Waals surface area contributed by atoms with Crippen LogP contribution in [0.5, 0.6) is 0 Å². The first kappa shape index (κ1) is 22.9. The fourth-order valence-corrected chi connectivity index (χ4v) is 3.28. The molecule has 0 radical (unpaired) electrons. The summed E-state index contributed by atoms with van der Waals surface area (Å²) in [6.45, 7) is 2.62. The van der Waals surface area contributed by atoms with Crippen LogP contribution in [0.15, 0.2) is 69.8 Å². The second-order valence-corrected chi connectivity index (χ2v) is 8.39. The summed E-state index contributed by atoms with van der Waals surface area (Å²) in [6.07, 6.45) is -0.793. The Labute approximate surface area is 174 Å². The molecule has 0 heterocycles. The van der Waals surface area contributed by atoms with Crippen molar-refractivity contribution in [3.63, 3.8) is 0 Å². The first-order chi connectivity index (χ1) is 13.8. The van der Waals surface area contributed by atoms with Crippen LogP contribution >= 0.6 is 20.4 Å². The van der Waals surface area contributed by atoms with Crippen LogP contribution < -0.4 is 5.32 Å². The van der Waals surface area contributed by atoms with E-state index in [4.69, 9.17) is 8.71 Å². The highest BCUT2D eigenvalue weighted by Crippen LogP contribution is 2.45. The Morgan fingerprint density at radius 1 is 1.10 bits per heavy atom. The van der Waals surface area contributed by atoms with Gasteiger partial charge in [0, 0.05) is 17.2 Å². The summed E-state index contributed by atoms with van der Waals surface area (Å²) in [5.74, 6) is -0.410. The minimum Gasteiger partial charge on any atom is -0.344 e. The molecule has 9 nitrogen and oxygen atoms in total. The largest absolute Gasteiger partial charge is 0.349 e. The zero-order chi connectivity index (χ0) is 21.3. The van der Waals surface area contributed by atoms with E-state index in [1.165, 1.54) is 0 Å². The van der Waals surface area contributed by atoms with Crippen molar-refractivity contribution in [1.29, 1.82) is 0 Å². The molecule has 29 heavy (non-hydrogen) atoms. The molecule has 2 aromatic carbocycles. The Kier molecular flexibility index (Phi) is 8.66. The van der Waals surface area contributed by atoms with Crippen molar-refractivity contribution in [2.75, 3.05) is 13.3 Å². The van der Waals surface area contributed by atoms with E-state index in [0.29, 0.717) is 11.3 Å². The smallest absolute Gasteiger partial charge is 0.344 e. The van der Waals surface area contributed by atoms with E-state index in [9.17, 15) is 14.3 Å². The van der Waals surface area contributed by atoms with Crippen LogP contribution in [0.25, 0.3) is 0 Å². The molecule has 0 aromatic heterocycles. The summed E-state index contributed by atoms with van der Waals surface area (Å²) in [5, 5.41) is 10.9. The lowest BCUT2D eigenvalue weighted by molar-refractivity contribution is 0.0846. The Morgan fingerprint density at radius 3 is 2.24 bits per heavy atom. The van der Waals surface area contributed by atoms with E-state index in [1.807, 2.05) is 30.3 Å². The van der Waals surface area contributed by atoms with Gasteiger partial charge in [0.2, 0.25) is 0 Å². The van der Waals surface area contributed by atoms with Gasteiger partial charge in [-0.05, 0) is 56.2 Å². The molecule has 3 atom stereocenters. The van der Waals surface area contributed by atoms with E-state index in [2.05, 4.69) is 33.4 Å². The first-order valence-corrected chi connectivity index (χ1v) is 11.0. The Balaban J connectivity index is 2.03. The number of nitrogens with one attached hydrogen (secondary N) is 1. The SMILES string of the molecule is CC(OP(C)(=O)N=O)C(COS)NC(=O)c1ccc(/N=N/c2ccccc2)cc1. The van der Waals surface area contributed by atoms with Crippen molar-refractivity contribution < 1.29 is 18.1 Å². The fraction of sp³-hybridized carbons (Fsp3) is 0.278. The number of carbonyl (C=O) groups is 1. The zero-order valence-corrected chi connectivity index (χ0v) is 17.6. The molecule has 0 bridgehead atoms. The number of thiol groups is 1. The highest BCUT2D eigenvalue weighted by Gasteiger charge is 2.28. The van der Waals surface area contributed by atoms with Crippen molar-refractivity contribution in [2.45, 2.75) is 19.1 Å². The summed E-state index contributed by atoms with van der Waals surface area (Å²) in [6, 6.07) is 15.1. The number of nitroso groups, excluding NO2 is 1. The lowest BCUT2D eigenvalue weighted by atomic mass is 10.1. The van der Waals surface area contributed by atoms with E-state index in [0.717, 1.165) is 12.4 Å². The Bertz CT molecular complexity index is 895. The van der Waals surface area contributed by atoms with Gasteiger partial charge in [0.05, 0.1) is 30.1 Å². The molecule has 154 valence electrons. The third-order valence-electron chi connectivity index (χ3n) is 3.81. The van der Waals surface area contributed by atoms with E-state index in [-0.39, 0.29) is 6.61 Å². The summed E-state index contributed by atoms with van der Waals surface area (Å²) in [4.78, 5) is 25.6. The normalized spacial score (nSPS) is 15.4. The molecule has 0 saturated carbocycles. The Hall–Kier alpha value is -2.39. The monoisotopic (exact) mass is 436 g/mol. The minimum atomic E-state index is -3.65. The third-order valence-corrected chi connectivity index (χ3v) is 4.98. The van der Waals surface area contributed by atoms with Gasteiger partial charge in [0.25, 0.3) is 5.91 Å². The van der Waals surface area contributed by atoms with Gasteiger partial charge in [-0.25, -0.2) is 0 Å². The fourth-order valence-electron chi connectivity index (χ4n) is 2.32. The summed E-state index contributed by atoms with van der Waals surface area (Å²) >= 11 is 3.68. The quantitative estimate of drug-likeness (QED) is 0.177. The first-order valence-electron chi connectivity index (χ1n) is 8.59. The number of hydrogen-bond donors (Lipinski definition) is 2. The van der Waals surface area contributed by atoms with Crippen LogP contribution in [0.4, 0.5) is 11.4 Å². The van der Waals surface area contributed by atoms with Gasteiger partial charge in [0.15, 0.2) is 0 Å². The van der Waals surface area contributed by atoms with Crippen LogP contribution in [0.2, 0.25) is 0 Å². The van der Waals surface area contributed by atoms with E-state index in [1.54, 1.807) is 31.2 Å². The molecule has 1 amide bonds. The third kappa shape index (κ3) is 7.51. The lowest BCUT2D eigenvalue weighted by Crippen LogP contribution is -2.45. The predicted molar refractivity (Wildman–Crippen MR) is 113 cm³/mol. The van der Waals surface area contributed by atoms with Crippen molar-refractivity contribution >= 4 is 37.7 Å². The highest BCUT2D eigenvalue weighted by atomic mass is 32.1. The molecule has 0 spiro atoms. The molecule has 0 saturated heterocycles. The van der Waals surface area contributed by atoms with Gasteiger partial charge in [-0.3, -0.25) is 9.36 Å². The van der Waals surface area contributed by atoms with Crippen LogP contribution in [0.3, 0.4) is 0 Å². The molecule has 2 aromatic rings. The summed E-state index contributed by atoms with van der Waals surface area (Å²) < 4.78 is 21.7. The highest BCUT2D eigenvalue weighted by molar-refractivity contribution is 7.75. The van der Waals surface area contributed by atoms with Gasteiger partial charge < -0.3 is 14.0 Å². The molecule has 2 rings (SSSR count). The molecule has 11 heteroatoms. The van der Waals surface area contributed by atoms with Crippen molar-refractivity contribution in [1.82, 2.24) is 5.32 Å². The molecule has 1 N–H and O–H groups in total. The van der Waals surface area contributed by atoms with Gasteiger partial charge in [0.1, 0.15) is 0 Å². The van der Waals surface area contributed by atoms with Crippen LogP contribution in [0.1, 0.15) is 17.3 Å². The van der Waals surface area contributed by atoms with Crippen molar-refractivity contribution in [3.05, 3.63) is 65.1 Å². The number of azo groups is 1. The predicted octanol–water partition coefficient (Wildman–Crippen LogP) is 5.06. The minimum absolute atomic E-state index is 0.0295. The maximum absolute atomic E-state index is 12.5. The van der Waals surface area contributed by atoms with Crippen molar-refractivity contribution in [3.8, 4) is 0 Å². The van der Waals surface area contributed by atoms with E-state index >= 15 is 0 Å². The number of carbonyl (C=O) groups excluding carboxylic acids is 1. The molecule has 0 aliphatic heterocycles. The lowest BCUT2D eigenvalue weighted by Gasteiger charge is -2.24. The maximum atomic E-state index is 12.5. The van der Waals surface area contributed by atoms with Gasteiger partial charge in [-0.15, -0.1) is 4.91 Å². The second-order valence-electron chi connectivity index (χ2n) is 6.15. The second kappa shape index (κ2) is 11.0. The average molecular weight is 436 g/mol. The van der Waals surface area contributed by atoms with E-state index < -0.39 is 25.6 Å². The summed E-state index contributed by atoms with van der Waals surface area (Å²) in [5.41, 5.74) is 1.67. The zero-order valence-electron chi connectivity index (χ0n) is 15.8. The van der Waals surface area contributed by atoms with Crippen molar-refractivity contribution in [2.24, 2.45) is 15.2 Å². The molecule has 3 unspecified atom stereocenters. The van der Waals surface area contributed by atoms with Crippen LogP contribution in [-0.4, -0.2) is 31.3 Å². The number of hydrogen-bond acceptors (Lipinski definition) is 8. The molecular formula is C18H21N4O5PS. The van der Waals surface area contributed by atoms with Gasteiger partial charge in [-0.1, -0.05) is 18.2 Å². The Morgan fingerprint density at radius 2 is 1.69 bits per heavy atom.